The van der Waals surface area contributed by atoms with Gasteiger partial charge in [0.05, 0.1) is 10.6 Å². The third-order valence-electron chi connectivity index (χ3n) is 2.68. The molecule has 0 aromatic heterocycles. The first-order valence-corrected chi connectivity index (χ1v) is 7.44. The normalized spacial score (nSPS) is 10.3. The molecule has 0 fully saturated rings. The van der Waals surface area contributed by atoms with Crippen molar-refractivity contribution in [2.24, 2.45) is 5.92 Å². The van der Waals surface area contributed by atoms with E-state index in [1.54, 1.807) is 18.2 Å². The topological polar surface area (TPSA) is 70.2 Å². The molecule has 6 heteroatoms. The van der Waals surface area contributed by atoms with E-state index in [1.807, 2.05) is 20.8 Å². The zero-order valence-electron chi connectivity index (χ0n) is 12.6. The Morgan fingerprint density at radius 3 is 2.52 bits per heavy atom. The van der Waals surface area contributed by atoms with Crippen LogP contribution < -0.4 is 16.0 Å². The van der Waals surface area contributed by atoms with Gasteiger partial charge in [-0.15, -0.1) is 0 Å². The third kappa shape index (κ3) is 6.04. The second-order valence-electron chi connectivity index (χ2n) is 5.18. The fourth-order valence-corrected chi connectivity index (χ4v) is 1.85. The van der Waals surface area contributed by atoms with E-state index in [0.717, 1.165) is 6.42 Å². The second-order valence-corrected chi connectivity index (χ2v) is 5.59. The predicted molar refractivity (Wildman–Crippen MR) is 85.9 cm³/mol. The molecule has 0 saturated carbocycles. The van der Waals surface area contributed by atoms with E-state index in [4.69, 9.17) is 11.6 Å². The second kappa shape index (κ2) is 8.52. The summed E-state index contributed by atoms with van der Waals surface area (Å²) in [6.45, 7) is 7.21. The molecule has 0 aliphatic heterocycles. The molecule has 3 N–H and O–H groups in total. The Bertz CT molecular complexity index is 504. The van der Waals surface area contributed by atoms with Gasteiger partial charge in [-0.1, -0.05) is 32.4 Å². The van der Waals surface area contributed by atoms with Crippen LogP contribution in [0.25, 0.3) is 0 Å². The van der Waals surface area contributed by atoms with Gasteiger partial charge in [0.25, 0.3) is 5.91 Å². The third-order valence-corrected chi connectivity index (χ3v) is 2.99. The first-order chi connectivity index (χ1) is 9.93. The highest BCUT2D eigenvalue weighted by Gasteiger charge is 2.11. The lowest BCUT2D eigenvalue weighted by atomic mass is 10.1. The van der Waals surface area contributed by atoms with Gasteiger partial charge < -0.3 is 16.0 Å². The fraction of sp³-hybridized carbons (Fsp3) is 0.467. The monoisotopic (exact) mass is 311 g/mol. The number of benzene rings is 1. The summed E-state index contributed by atoms with van der Waals surface area (Å²) in [7, 11) is 0. The number of carbonyl (C=O) groups excluding carboxylic acids is 2. The Morgan fingerprint density at radius 2 is 1.95 bits per heavy atom. The van der Waals surface area contributed by atoms with E-state index in [1.165, 1.54) is 0 Å². The minimum absolute atomic E-state index is 0.212. The quantitative estimate of drug-likeness (QED) is 0.754. The van der Waals surface area contributed by atoms with Crippen molar-refractivity contribution in [1.82, 2.24) is 10.6 Å². The van der Waals surface area contributed by atoms with Crippen molar-refractivity contribution in [3.8, 4) is 0 Å². The minimum Gasteiger partial charge on any atom is -0.352 e. The van der Waals surface area contributed by atoms with Crippen molar-refractivity contribution in [1.29, 1.82) is 0 Å². The van der Waals surface area contributed by atoms with Crippen LogP contribution in [-0.2, 0) is 0 Å². The Morgan fingerprint density at radius 1 is 1.24 bits per heavy atom. The van der Waals surface area contributed by atoms with Crippen molar-refractivity contribution >= 4 is 29.2 Å². The van der Waals surface area contributed by atoms with Crippen LogP contribution in [0.3, 0.4) is 0 Å². The number of hydrogen-bond donors (Lipinski definition) is 3. The number of halogens is 1. The number of carbonyl (C=O) groups is 2. The maximum atomic E-state index is 11.9. The molecule has 21 heavy (non-hydrogen) atoms. The van der Waals surface area contributed by atoms with Crippen LogP contribution in [0, 0.1) is 5.92 Å². The summed E-state index contributed by atoms with van der Waals surface area (Å²) in [5, 5.41) is 8.48. The molecule has 1 aromatic rings. The molecule has 0 aliphatic carbocycles. The van der Waals surface area contributed by atoms with Gasteiger partial charge in [0.15, 0.2) is 0 Å². The lowest BCUT2D eigenvalue weighted by molar-refractivity contribution is 0.0949. The van der Waals surface area contributed by atoms with Gasteiger partial charge in [-0.3, -0.25) is 4.79 Å². The molecule has 0 bridgehead atoms. The van der Waals surface area contributed by atoms with Crippen LogP contribution >= 0.6 is 11.6 Å². The Hall–Kier alpha value is -1.75. The molecule has 0 aliphatic rings. The SMILES string of the molecule is CCCNC(=O)Nc1ccc(C(=O)NCC(C)C)c(Cl)c1. The van der Waals surface area contributed by atoms with Gasteiger partial charge in [-0.25, -0.2) is 4.79 Å². The van der Waals surface area contributed by atoms with E-state index >= 15 is 0 Å². The zero-order valence-corrected chi connectivity index (χ0v) is 13.4. The lowest BCUT2D eigenvalue weighted by Gasteiger charge is -2.11. The molecular formula is C15H22ClN3O2. The maximum Gasteiger partial charge on any atom is 0.319 e. The standard InChI is InChI=1S/C15H22ClN3O2/c1-4-7-17-15(21)19-11-5-6-12(13(16)8-11)14(20)18-9-10(2)3/h5-6,8,10H,4,7,9H2,1-3H3,(H,18,20)(H2,17,19,21). The number of nitrogens with one attached hydrogen (secondary N) is 3. The molecule has 116 valence electrons. The van der Waals surface area contributed by atoms with Crippen LogP contribution in [0.4, 0.5) is 10.5 Å². The van der Waals surface area contributed by atoms with Crippen LogP contribution in [0.1, 0.15) is 37.6 Å². The molecule has 0 spiro atoms. The average Bonchev–Trinajstić information content (AvgIpc) is 2.42. The van der Waals surface area contributed by atoms with Crippen molar-refractivity contribution in [3.63, 3.8) is 0 Å². The summed E-state index contributed by atoms with van der Waals surface area (Å²) in [6, 6.07) is 4.54. The molecule has 0 saturated heterocycles. The summed E-state index contributed by atoms with van der Waals surface area (Å²) >= 11 is 6.09. The van der Waals surface area contributed by atoms with E-state index in [0.29, 0.717) is 35.3 Å². The van der Waals surface area contributed by atoms with E-state index in [-0.39, 0.29) is 11.9 Å². The van der Waals surface area contributed by atoms with Gasteiger partial charge in [0, 0.05) is 18.8 Å². The zero-order chi connectivity index (χ0) is 15.8. The van der Waals surface area contributed by atoms with E-state index < -0.39 is 0 Å². The number of urea groups is 1. The van der Waals surface area contributed by atoms with Gasteiger partial charge in [-0.2, -0.15) is 0 Å². The average molecular weight is 312 g/mol. The molecule has 0 radical (unpaired) electrons. The van der Waals surface area contributed by atoms with Crippen molar-refractivity contribution in [2.45, 2.75) is 27.2 Å². The molecule has 0 atom stereocenters. The van der Waals surface area contributed by atoms with E-state index in [9.17, 15) is 9.59 Å². The van der Waals surface area contributed by atoms with Gasteiger partial charge in [0.2, 0.25) is 0 Å². The van der Waals surface area contributed by atoms with Crippen LogP contribution in [0.5, 0.6) is 0 Å². The summed E-state index contributed by atoms with van der Waals surface area (Å²) in [5.74, 6) is 0.159. The molecular weight excluding hydrogens is 290 g/mol. The Balaban J connectivity index is 2.67. The smallest absolute Gasteiger partial charge is 0.319 e. The predicted octanol–water partition coefficient (Wildman–Crippen LogP) is 3.26. The first kappa shape index (κ1) is 17.3. The molecule has 5 nitrogen and oxygen atoms in total. The van der Waals surface area contributed by atoms with Crippen LogP contribution in [-0.4, -0.2) is 25.0 Å². The Kier molecular flexibility index (Phi) is 7.02. The minimum atomic E-state index is -0.287. The van der Waals surface area contributed by atoms with Crippen molar-refractivity contribution in [3.05, 3.63) is 28.8 Å². The molecule has 1 aromatic carbocycles. The summed E-state index contributed by atoms with van der Waals surface area (Å²) in [5.41, 5.74) is 0.950. The molecule has 0 unspecified atom stereocenters. The highest BCUT2D eigenvalue weighted by molar-refractivity contribution is 6.34. The number of rotatable bonds is 6. The van der Waals surface area contributed by atoms with Gasteiger partial charge in [-0.05, 0) is 30.5 Å². The van der Waals surface area contributed by atoms with Gasteiger partial charge >= 0.3 is 6.03 Å². The van der Waals surface area contributed by atoms with Crippen LogP contribution in [0.2, 0.25) is 5.02 Å². The number of anilines is 1. The first-order valence-electron chi connectivity index (χ1n) is 7.06. The highest BCUT2D eigenvalue weighted by atomic mass is 35.5. The van der Waals surface area contributed by atoms with Gasteiger partial charge in [0.1, 0.15) is 0 Å². The summed E-state index contributed by atoms with van der Waals surface area (Å²) in [4.78, 5) is 23.5. The largest absolute Gasteiger partial charge is 0.352 e. The van der Waals surface area contributed by atoms with Crippen LogP contribution in [0.15, 0.2) is 18.2 Å². The number of amides is 3. The number of hydrogen-bond acceptors (Lipinski definition) is 2. The molecule has 3 amide bonds. The maximum absolute atomic E-state index is 11.9. The van der Waals surface area contributed by atoms with Crippen molar-refractivity contribution < 1.29 is 9.59 Å². The Labute approximate surface area is 130 Å². The highest BCUT2D eigenvalue weighted by Crippen LogP contribution is 2.21. The lowest BCUT2D eigenvalue weighted by Crippen LogP contribution is -2.29. The summed E-state index contributed by atoms with van der Waals surface area (Å²) < 4.78 is 0. The van der Waals surface area contributed by atoms with E-state index in [2.05, 4.69) is 16.0 Å². The fourth-order valence-electron chi connectivity index (χ4n) is 1.58. The molecule has 0 heterocycles. The summed E-state index contributed by atoms with van der Waals surface area (Å²) in [6.07, 6.45) is 0.864. The van der Waals surface area contributed by atoms with Crippen molar-refractivity contribution in [2.75, 3.05) is 18.4 Å². The molecule has 1 rings (SSSR count).